The van der Waals surface area contributed by atoms with Crippen molar-refractivity contribution >= 4 is 28.8 Å². The highest BCUT2D eigenvalue weighted by molar-refractivity contribution is 5.90. The highest BCUT2D eigenvalue weighted by Crippen LogP contribution is 2.31. The molecule has 0 spiro atoms. The number of carbonyl (C=O) groups is 2. The molecule has 1 aliphatic heterocycles. The molecule has 1 saturated heterocycles. The third-order valence-electron chi connectivity index (χ3n) is 5.29. The summed E-state index contributed by atoms with van der Waals surface area (Å²) < 4.78 is 6.82. The first-order chi connectivity index (χ1) is 14.4. The molecule has 3 heterocycles. The van der Waals surface area contributed by atoms with E-state index in [1.165, 1.54) is 28.5 Å². The molecule has 0 radical (unpaired) electrons. The van der Waals surface area contributed by atoms with E-state index in [-0.39, 0.29) is 30.9 Å². The maximum atomic E-state index is 12.7. The molecule has 0 aliphatic carbocycles. The zero-order chi connectivity index (χ0) is 23.1. The molecule has 3 rings (SSSR count). The number of nitriles is 1. The summed E-state index contributed by atoms with van der Waals surface area (Å²) in [6, 6.07) is 6.52. The maximum absolute atomic E-state index is 12.7. The summed E-state index contributed by atoms with van der Waals surface area (Å²) in [6.45, 7) is 6.84. The number of aryl methyl sites for hydroxylation is 1. The lowest BCUT2D eigenvalue weighted by molar-refractivity contribution is -0.150. The summed E-state index contributed by atoms with van der Waals surface area (Å²) in [6.07, 6.45) is -0.712. The van der Waals surface area contributed by atoms with Crippen LogP contribution < -0.4 is 10.5 Å². The Kier molecular flexibility index (Phi) is 5.40. The van der Waals surface area contributed by atoms with Crippen LogP contribution in [0.3, 0.4) is 0 Å². The maximum Gasteiger partial charge on any atom is 0.411 e. The van der Waals surface area contributed by atoms with Crippen LogP contribution >= 0.6 is 0 Å². The lowest BCUT2D eigenvalue weighted by Crippen LogP contribution is -2.67. The van der Waals surface area contributed by atoms with Gasteiger partial charge >= 0.3 is 12.1 Å². The van der Waals surface area contributed by atoms with Crippen molar-refractivity contribution in [1.82, 2.24) is 14.5 Å². The van der Waals surface area contributed by atoms with Crippen LogP contribution in [0, 0.1) is 11.3 Å². The average Bonchev–Trinajstić information content (AvgIpc) is 2.68. The number of ether oxygens (including phenoxy) is 1. The lowest BCUT2D eigenvalue weighted by atomic mass is 9.96. The van der Waals surface area contributed by atoms with Crippen molar-refractivity contribution in [2.75, 3.05) is 24.5 Å². The van der Waals surface area contributed by atoms with Crippen LogP contribution in [0.1, 0.15) is 33.4 Å². The average molecular weight is 427 g/mol. The van der Waals surface area contributed by atoms with E-state index in [9.17, 15) is 24.8 Å². The van der Waals surface area contributed by atoms with Crippen LogP contribution in [0.4, 0.5) is 10.5 Å². The molecule has 1 fully saturated rings. The number of hydrogen-bond donors (Lipinski definition) is 1. The Balaban J connectivity index is 2.07. The van der Waals surface area contributed by atoms with E-state index in [1.54, 1.807) is 38.8 Å². The van der Waals surface area contributed by atoms with Gasteiger partial charge in [-0.15, -0.1) is 0 Å². The highest BCUT2D eigenvalue weighted by Gasteiger charge is 2.48. The van der Waals surface area contributed by atoms with Crippen molar-refractivity contribution in [3.05, 3.63) is 34.2 Å². The fraction of sp³-hybridized carbons (Fsp3) is 0.476. The molecule has 31 heavy (non-hydrogen) atoms. The van der Waals surface area contributed by atoms with Gasteiger partial charge in [0.25, 0.3) is 5.56 Å². The first-order valence-corrected chi connectivity index (χ1v) is 9.77. The van der Waals surface area contributed by atoms with Gasteiger partial charge < -0.3 is 19.3 Å². The van der Waals surface area contributed by atoms with E-state index in [0.717, 1.165) is 0 Å². The molecular formula is C21H25N5O5. The van der Waals surface area contributed by atoms with Crippen molar-refractivity contribution in [3.8, 4) is 6.07 Å². The summed E-state index contributed by atoms with van der Waals surface area (Å²) in [4.78, 5) is 44.7. The van der Waals surface area contributed by atoms with Gasteiger partial charge in [-0.25, -0.2) is 14.6 Å². The van der Waals surface area contributed by atoms with Crippen molar-refractivity contribution < 1.29 is 19.4 Å². The van der Waals surface area contributed by atoms with Gasteiger partial charge in [0, 0.05) is 26.2 Å². The minimum Gasteiger partial charge on any atom is -0.479 e. The number of nitrogens with zero attached hydrogens (tertiary/aromatic N) is 5. The smallest absolute Gasteiger partial charge is 0.411 e. The van der Waals surface area contributed by atoms with Crippen molar-refractivity contribution in [2.45, 2.75) is 38.8 Å². The molecule has 0 aromatic carbocycles. The van der Waals surface area contributed by atoms with Crippen LogP contribution in [-0.4, -0.2) is 62.4 Å². The summed E-state index contributed by atoms with van der Waals surface area (Å²) in [5.41, 5.74) is -1.12. The number of aliphatic carboxylic acids is 1. The van der Waals surface area contributed by atoms with Crippen LogP contribution in [0.25, 0.3) is 11.0 Å². The molecule has 2 aromatic heterocycles. The number of piperazine rings is 1. The Bertz CT molecular complexity index is 1160. The van der Waals surface area contributed by atoms with E-state index in [0.29, 0.717) is 16.7 Å². The number of fused-ring (bicyclic) bond motifs is 1. The zero-order valence-corrected chi connectivity index (χ0v) is 18.2. The topological polar surface area (TPSA) is 129 Å². The summed E-state index contributed by atoms with van der Waals surface area (Å²) in [7, 11) is 1.60. The normalized spacial score (nSPS) is 19.2. The molecule has 10 nitrogen and oxygen atoms in total. The predicted molar refractivity (Wildman–Crippen MR) is 113 cm³/mol. The fourth-order valence-electron chi connectivity index (χ4n) is 3.62. The van der Waals surface area contributed by atoms with Gasteiger partial charge in [-0.3, -0.25) is 9.69 Å². The first kappa shape index (κ1) is 22.1. The minimum atomic E-state index is -1.60. The van der Waals surface area contributed by atoms with Crippen LogP contribution in [0.2, 0.25) is 0 Å². The number of amides is 1. The van der Waals surface area contributed by atoms with E-state index in [1.807, 2.05) is 6.07 Å². The second-order valence-corrected chi connectivity index (χ2v) is 8.74. The van der Waals surface area contributed by atoms with E-state index in [4.69, 9.17) is 4.74 Å². The molecule has 1 unspecified atom stereocenters. The fourth-order valence-corrected chi connectivity index (χ4v) is 3.62. The third-order valence-corrected chi connectivity index (χ3v) is 5.29. The molecule has 0 saturated carbocycles. The summed E-state index contributed by atoms with van der Waals surface area (Å²) in [5.74, 6) is -1.19. The second kappa shape index (κ2) is 7.58. The summed E-state index contributed by atoms with van der Waals surface area (Å²) in [5, 5.41) is 19.2. The Morgan fingerprint density at radius 1 is 1.29 bits per heavy atom. The number of aromatic nitrogens is 2. The number of rotatable bonds is 2. The molecule has 10 heteroatoms. The van der Waals surface area contributed by atoms with E-state index < -0.39 is 23.2 Å². The van der Waals surface area contributed by atoms with Gasteiger partial charge in [0.1, 0.15) is 22.9 Å². The Morgan fingerprint density at radius 2 is 1.97 bits per heavy atom. The standard InChI is InChI=1S/C21H25N5O5/c1-20(2,3)31-19(30)26-9-8-25(12-21(26,4)18(28)29)15-10-16(27)24(5)14-7-6-13(11-22)23-17(14)15/h6-7,10H,8-9,12H2,1-5H3,(H,28,29). The van der Waals surface area contributed by atoms with E-state index in [2.05, 4.69) is 4.98 Å². The molecule has 1 amide bonds. The van der Waals surface area contributed by atoms with E-state index >= 15 is 0 Å². The predicted octanol–water partition coefficient (Wildman–Crippen LogP) is 1.71. The van der Waals surface area contributed by atoms with Gasteiger partial charge in [0.2, 0.25) is 0 Å². The van der Waals surface area contributed by atoms with Gasteiger partial charge in [0.15, 0.2) is 5.54 Å². The van der Waals surface area contributed by atoms with Gasteiger partial charge in [-0.05, 0) is 39.8 Å². The Labute approximate surface area is 179 Å². The number of carboxylic acid groups (broad SMARTS) is 1. The molecular weight excluding hydrogens is 402 g/mol. The summed E-state index contributed by atoms with van der Waals surface area (Å²) >= 11 is 0. The number of anilines is 1. The third kappa shape index (κ3) is 4.03. The lowest BCUT2D eigenvalue weighted by Gasteiger charge is -2.46. The highest BCUT2D eigenvalue weighted by atomic mass is 16.6. The van der Waals surface area contributed by atoms with Crippen molar-refractivity contribution in [3.63, 3.8) is 0 Å². The molecule has 1 aliphatic rings. The number of pyridine rings is 2. The monoisotopic (exact) mass is 427 g/mol. The molecule has 2 aromatic rings. The largest absolute Gasteiger partial charge is 0.479 e. The zero-order valence-electron chi connectivity index (χ0n) is 18.2. The molecule has 1 atom stereocenters. The van der Waals surface area contributed by atoms with Crippen LogP contribution in [0.15, 0.2) is 23.0 Å². The quantitative estimate of drug-likeness (QED) is 0.767. The number of hydrogen-bond acceptors (Lipinski definition) is 7. The Hall–Kier alpha value is -3.61. The number of carboxylic acids is 1. The SMILES string of the molecule is Cn1c(=O)cc(N2CCN(C(=O)OC(C)(C)C)C(C)(C(=O)O)C2)c2nc(C#N)ccc21. The van der Waals surface area contributed by atoms with Crippen molar-refractivity contribution in [2.24, 2.45) is 7.05 Å². The van der Waals surface area contributed by atoms with Crippen LogP contribution in [-0.2, 0) is 16.6 Å². The molecule has 1 N–H and O–H groups in total. The first-order valence-electron chi connectivity index (χ1n) is 9.77. The van der Waals surface area contributed by atoms with Crippen molar-refractivity contribution in [1.29, 1.82) is 5.26 Å². The van der Waals surface area contributed by atoms with Gasteiger partial charge in [-0.2, -0.15) is 5.26 Å². The Morgan fingerprint density at radius 3 is 2.55 bits per heavy atom. The minimum absolute atomic E-state index is 0.0758. The van der Waals surface area contributed by atoms with Gasteiger partial charge in [0.05, 0.1) is 17.7 Å². The van der Waals surface area contributed by atoms with Gasteiger partial charge in [-0.1, -0.05) is 0 Å². The number of carbonyl (C=O) groups excluding carboxylic acids is 1. The molecule has 164 valence electrons. The van der Waals surface area contributed by atoms with Crippen LogP contribution in [0.5, 0.6) is 0 Å². The second-order valence-electron chi connectivity index (χ2n) is 8.74. The molecule has 0 bridgehead atoms.